The van der Waals surface area contributed by atoms with Crippen LogP contribution in [0.1, 0.15) is 24.3 Å². The summed E-state index contributed by atoms with van der Waals surface area (Å²) in [5.74, 6) is 1.86. The average Bonchev–Trinajstić information content (AvgIpc) is 3.37. The van der Waals surface area contributed by atoms with Gasteiger partial charge < -0.3 is 9.84 Å². The number of piperidine rings is 1. The van der Waals surface area contributed by atoms with Crippen LogP contribution >= 0.6 is 23.4 Å². The van der Waals surface area contributed by atoms with E-state index in [1.165, 1.54) is 10.5 Å². The molecule has 2 heterocycles. The van der Waals surface area contributed by atoms with Crippen molar-refractivity contribution >= 4 is 35.0 Å². The van der Waals surface area contributed by atoms with E-state index < -0.39 is 0 Å². The van der Waals surface area contributed by atoms with Crippen molar-refractivity contribution in [2.75, 3.05) is 18.4 Å². The second kappa shape index (κ2) is 11.7. The third-order valence-electron chi connectivity index (χ3n) is 6.19. The zero-order chi connectivity index (χ0) is 24.7. The SMILES string of the molecule is O=C(Nc1ccc(CSc2ccccc2)cc1)C1CCCN(Cc2nc(-c3ccccc3Cl)no2)C1. The van der Waals surface area contributed by atoms with Gasteiger partial charge in [0.2, 0.25) is 17.6 Å². The van der Waals surface area contributed by atoms with Gasteiger partial charge in [0.25, 0.3) is 0 Å². The largest absolute Gasteiger partial charge is 0.338 e. The predicted octanol–water partition coefficient (Wildman–Crippen LogP) is 6.53. The fourth-order valence-corrected chi connectivity index (χ4v) is 5.38. The van der Waals surface area contributed by atoms with Crippen LogP contribution in [0.3, 0.4) is 0 Å². The summed E-state index contributed by atoms with van der Waals surface area (Å²) in [5, 5.41) is 7.76. The van der Waals surface area contributed by atoms with Crippen molar-refractivity contribution in [2.24, 2.45) is 5.92 Å². The number of amides is 1. The minimum Gasteiger partial charge on any atom is -0.338 e. The van der Waals surface area contributed by atoms with Gasteiger partial charge in [-0.3, -0.25) is 9.69 Å². The molecule has 0 bridgehead atoms. The zero-order valence-electron chi connectivity index (χ0n) is 19.8. The molecule has 0 saturated carbocycles. The maximum Gasteiger partial charge on any atom is 0.241 e. The summed E-state index contributed by atoms with van der Waals surface area (Å²) >= 11 is 8.05. The molecule has 3 aromatic carbocycles. The zero-order valence-corrected chi connectivity index (χ0v) is 21.3. The molecule has 36 heavy (non-hydrogen) atoms. The van der Waals surface area contributed by atoms with Crippen LogP contribution in [0.5, 0.6) is 0 Å². The van der Waals surface area contributed by atoms with Crippen molar-refractivity contribution in [3.05, 3.63) is 95.3 Å². The molecule has 1 atom stereocenters. The van der Waals surface area contributed by atoms with E-state index in [-0.39, 0.29) is 11.8 Å². The number of anilines is 1. The first-order chi connectivity index (χ1) is 17.6. The fraction of sp³-hybridized carbons (Fsp3) is 0.250. The molecule has 0 aliphatic carbocycles. The van der Waals surface area contributed by atoms with Crippen LogP contribution in [0.15, 0.2) is 88.3 Å². The van der Waals surface area contributed by atoms with Gasteiger partial charge in [0.1, 0.15) is 0 Å². The number of benzene rings is 3. The van der Waals surface area contributed by atoms with E-state index in [1.807, 2.05) is 48.5 Å². The molecular formula is C28H27ClN4O2S. The quantitative estimate of drug-likeness (QED) is 0.267. The number of nitrogens with one attached hydrogen (secondary N) is 1. The first-order valence-corrected chi connectivity index (χ1v) is 13.4. The number of hydrogen-bond donors (Lipinski definition) is 1. The summed E-state index contributed by atoms with van der Waals surface area (Å²) in [4.78, 5) is 20.9. The summed E-state index contributed by atoms with van der Waals surface area (Å²) < 4.78 is 5.46. The monoisotopic (exact) mass is 518 g/mol. The molecule has 6 nitrogen and oxygen atoms in total. The van der Waals surface area contributed by atoms with Crippen molar-refractivity contribution in [1.29, 1.82) is 0 Å². The number of halogens is 1. The van der Waals surface area contributed by atoms with Crippen LogP contribution in [-0.4, -0.2) is 34.0 Å². The van der Waals surface area contributed by atoms with Gasteiger partial charge in [-0.05, 0) is 61.3 Å². The van der Waals surface area contributed by atoms with Crippen molar-refractivity contribution in [2.45, 2.75) is 30.0 Å². The number of rotatable bonds is 8. The average molecular weight is 519 g/mol. The first-order valence-electron chi connectivity index (χ1n) is 12.0. The standard InChI is InChI=1S/C28H27ClN4O2S/c29-25-11-5-4-10-24(25)27-31-26(35-32-27)18-33-16-6-7-21(17-33)28(34)30-22-14-12-20(13-15-22)19-36-23-8-2-1-3-9-23/h1-5,8-15,21H,6-7,16-19H2,(H,30,34). The summed E-state index contributed by atoms with van der Waals surface area (Å²) in [6.07, 6.45) is 1.81. The Morgan fingerprint density at radius 3 is 2.64 bits per heavy atom. The van der Waals surface area contributed by atoms with Gasteiger partial charge in [0, 0.05) is 28.4 Å². The van der Waals surface area contributed by atoms with Crippen molar-refractivity contribution in [3.63, 3.8) is 0 Å². The number of carbonyl (C=O) groups is 1. The maximum absolute atomic E-state index is 13.0. The Bertz CT molecular complexity index is 1300. The summed E-state index contributed by atoms with van der Waals surface area (Å²) in [6.45, 7) is 2.05. The minimum absolute atomic E-state index is 0.0494. The van der Waals surface area contributed by atoms with E-state index >= 15 is 0 Å². The van der Waals surface area contributed by atoms with Gasteiger partial charge in [-0.2, -0.15) is 4.98 Å². The van der Waals surface area contributed by atoms with Crippen molar-refractivity contribution in [1.82, 2.24) is 15.0 Å². The second-order valence-electron chi connectivity index (χ2n) is 8.85. The van der Waals surface area contributed by atoms with Crippen molar-refractivity contribution in [3.8, 4) is 11.4 Å². The number of carbonyl (C=O) groups excluding carboxylic acids is 1. The van der Waals surface area contributed by atoms with E-state index in [4.69, 9.17) is 16.1 Å². The molecule has 1 fully saturated rings. The molecule has 184 valence electrons. The van der Waals surface area contributed by atoms with Crippen molar-refractivity contribution < 1.29 is 9.32 Å². The van der Waals surface area contributed by atoms with E-state index in [9.17, 15) is 4.79 Å². The lowest BCUT2D eigenvalue weighted by Gasteiger charge is -2.30. The van der Waals surface area contributed by atoms with Crippen LogP contribution in [-0.2, 0) is 17.1 Å². The van der Waals surface area contributed by atoms with E-state index in [2.05, 4.69) is 44.6 Å². The molecule has 5 rings (SSSR count). The molecule has 1 saturated heterocycles. The second-order valence-corrected chi connectivity index (χ2v) is 10.3. The smallest absolute Gasteiger partial charge is 0.241 e. The Hall–Kier alpha value is -3.13. The number of hydrogen-bond acceptors (Lipinski definition) is 6. The highest BCUT2D eigenvalue weighted by molar-refractivity contribution is 7.98. The van der Waals surface area contributed by atoms with E-state index in [1.54, 1.807) is 17.8 Å². The number of thioether (sulfide) groups is 1. The lowest BCUT2D eigenvalue weighted by Crippen LogP contribution is -2.40. The molecule has 1 aliphatic heterocycles. The summed E-state index contributed by atoms with van der Waals surface area (Å²) in [7, 11) is 0. The molecule has 1 unspecified atom stereocenters. The molecular weight excluding hydrogens is 492 g/mol. The van der Waals surface area contributed by atoms with Gasteiger partial charge >= 0.3 is 0 Å². The van der Waals surface area contributed by atoms with Crippen LogP contribution in [0.25, 0.3) is 11.4 Å². The van der Waals surface area contributed by atoms with Gasteiger partial charge in [0.15, 0.2) is 0 Å². The highest BCUT2D eigenvalue weighted by Crippen LogP contribution is 2.27. The fourth-order valence-electron chi connectivity index (χ4n) is 4.29. The Kier molecular flexibility index (Phi) is 8.01. The normalized spacial score (nSPS) is 16.1. The van der Waals surface area contributed by atoms with Crippen LogP contribution in [0.2, 0.25) is 5.02 Å². The molecule has 8 heteroatoms. The lowest BCUT2D eigenvalue weighted by atomic mass is 9.97. The highest BCUT2D eigenvalue weighted by atomic mass is 35.5. The molecule has 1 N–H and O–H groups in total. The van der Waals surface area contributed by atoms with E-state index in [0.29, 0.717) is 29.8 Å². The molecule has 1 aromatic heterocycles. The lowest BCUT2D eigenvalue weighted by molar-refractivity contribution is -0.121. The number of nitrogens with zero attached hydrogens (tertiary/aromatic N) is 3. The van der Waals surface area contributed by atoms with Gasteiger partial charge in [-0.1, -0.05) is 59.2 Å². The van der Waals surface area contributed by atoms with Gasteiger partial charge in [-0.15, -0.1) is 11.8 Å². The van der Waals surface area contributed by atoms with E-state index in [0.717, 1.165) is 36.4 Å². The molecule has 1 aliphatic rings. The number of likely N-dealkylation sites (tertiary alicyclic amines) is 1. The third kappa shape index (κ3) is 6.35. The first kappa shape index (κ1) is 24.6. The third-order valence-corrected chi connectivity index (χ3v) is 7.60. The Balaban J connectivity index is 1.13. The van der Waals surface area contributed by atoms with Crippen LogP contribution in [0.4, 0.5) is 5.69 Å². The minimum atomic E-state index is -0.0852. The Labute approximate surface area is 220 Å². The molecule has 0 radical (unpaired) electrons. The highest BCUT2D eigenvalue weighted by Gasteiger charge is 2.27. The van der Waals surface area contributed by atoms with Gasteiger partial charge in [0.05, 0.1) is 17.5 Å². The Morgan fingerprint density at radius 2 is 1.83 bits per heavy atom. The molecule has 0 spiro atoms. The summed E-state index contributed by atoms with van der Waals surface area (Å²) in [6, 6.07) is 25.9. The molecule has 1 amide bonds. The Morgan fingerprint density at radius 1 is 1.06 bits per heavy atom. The van der Waals surface area contributed by atoms with Gasteiger partial charge in [-0.25, -0.2) is 0 Å². The summed E-state index contributed by atoms with van der Waals surface area (Å²) in [5.41, 5.74) is 2.79. The predicted molar refractivity (Wildman–Crippen MR) is 144 cm³/mol. The number of aromatic nitrogens is 2. The topological polar surface area (TPSA) is 71.3 Å². The maximum atomic E-state index is 13.0. The van der Waals surface area contributed by atoms with Crippen LogP contribution in [0, 0.1) is 5.92 Å². The van der Waals surface area contributed by atoms with Crippen LogP contribution < -0.4 is 5.32 Å². The molecule has 4 aromatic rings.